The molecule has 13 heavy (non-hydrogen) atoms. The van der Waals surface area contributed by atoms with Crippen molar-refractivity contribution in [3.63, 3.8) is 0 Å². The first-order valence-corrected chi connectivity index (χ1v) is 3.77. The molecule has 4 heteroatoms. The molecule has 0 saturated heterocycles. The van der Waals surface area contributed by atoms with E-state index in [0.29, 0.717) is 5.69 Å². The normalized spacial score (nSPS) is 13.4. The zero-order valence-electron chi connectivity index (χ0n) is 6.68. The standard InChI is InChI=1S/C9H6N2O2/c12-11(13)9-6-5-7-3-1-2-4-8(7)10-9/h1-6H/q+1. The molecule has 1 heterocycles. The Morgan fingerprint density at radius 2 is 2.00 bits per heavy atom. The van der Waals surface area contributed by atoms with E-state index in [1.807, 2.05) is 12.1 Å². The smallest absolute Gasteiger partial charge is 0.253 e. The van der Waals surface area contributed by atoms with Crippen molar-refractivity contribution in [2.75, 3.05) is 0 Å². The Balaban J connectivity index is 2.52. The van der Waals surface area contributed by atoms with Crippen LogP contribution in [0, 0.1) is 10.1 Å². The van der Waals surface area contributed by atoms with Crippen molar-refractivity contribution < 1.29 is 4.92 Å². The van der Waals surface area contributed by atoms with Gasteiger partial charge in [-0.15, -0.1) is 0 Å². The fourth-order valence-corrected chi connectivity index (χ4v) is 1.16. The highest BCUT2D eigenvalue weighted by Gasteiger charge is 2.27. The molecule has 4 nitrogen and oxygen atoms in total. The third-order valence-electron chi connectivity index (χ3n) is 1.77. The van der Waals surface area contributed by atoms with E-state index < -0.39 is 4.92 Å². The SMILES string of the molecule is O=[N+]([O-])C1=[N+]c2ccccc2C=C1. The second-order valence-electron chi connectivity index (χ2n) is 2.62. The van der Waals surface area contributed by atoms with Gasteiger partial charge in [0.1, 0.15) is 9.92 Å². The minimum absolute atomic E-state index is 0.112. The van der Waals surface area contributed by atoms with Gasteiger partial charge >= 0.3 is 5.84 Å². The van der Waals surface area contributed by atoms with Gasteiger partial charge in [0.2, 0.25) is 0 Å². The zero-order chi connectivity index (χ0) is 9.26. The predicted octanol–water partition coefficient (Wildman–Crippen LogP) is 1.36. The first-order valence-electron chi connectivity index (χ1n) is 3.77. The molecule has 0 saturated carbocycles. The van der Waals surface area contributed by atoms with Crippen LogP contribution in [0.2, 0.25) is 0 Å². The maximum Gasteiger partial charge on any atom is 0.565 e. The molecule has 0 aromatic heterocycles. The molecule has 1 aromatic carbocycles. The molecule has 63 valence electrons. The minimum Gasteiger partial charge on any atom is -0.253 e. The molecule has 0 N–H and O–H groups in total. The lowest BCUT2D eigenvalue weighted by Gasteiger charge is -1.92. The number of para-hydroxylation sites is 1. The fourth-order valence-electron chi connectivity index (χ4n) is 1.16. The molecule has 0 atom stereocenters. The monoisotopic (exact) mass is 174 g/mol. The van der Waals surface area contributed by atoms with Crippen molar-refractivity contribution in [1.82, 2.24) is 4.99 Å². The Hall–Kier alpha value is -1.97. The molecule has 0 unspecified atom stereocenters. The van der Waals surface area contributed by atoms with Gasteiger partial charge in [-0.25, -0.2) is 0 Å². The van der Waals surface area contributed by atoms with Crippen LogP contribution in [0.25, 0.3) is 6.08 Å². The van der Waals surface area contributed by atoms with E-state index in [-0.39, 0.29) is 5.84 Å². The van der Waals surface area contributed by atoms with E-state index in [1.165, 1.54) is 6.08 Å². The average molecular weight is 174 g/mol. The van der Waals surface area contributed by atoms with Crippen molar-refractivity contribution in [1.29, 1.82) is 0 Å². The second kappa shape index (κ2) is 2.82. The van der Waals surface area contributed by atoms with Crippen LogP contribution in [0.4, 0.5) is 5.69 Å². The number of fused-ring (bicyclic) bond motifs is 1. The Labute approximate surface area is 74.4 Å². The van der Waals surface area contributed by atoms with E-state index >= 15 is 0 Å². The second-order valence-corrected chi connectivity index (χ2v) is 2.62. The van der Waals surface area contributed by atoms with Gasteiger partial charge in [-0.2, -0.15) is 0 Å². The Kier molecular flexibility index (Phi) is 1.66. The number of benzene rings is 1. The Morgan fingerprint density at radius 1 is 1.23 bits per heavy atom. The quantitative estimate of drug-likeness (QED) is 0.440. The lowest BCUT2D eigenvalue weighted by atomic mass is 10.1. The number of nitrogens with zero attached hydrogens (tertiary/aromatic N) is 2. The van der Waals surface area contributed by atoms with Gasteiger partial charge in [0.15, 0.2) is 0 Å². The van der Waals surface area contributed by atoms with Gasteiger partial charge in [-0.3, -0.25) is 10.1 Å². The largest absolute Gasteiger partial charge is 0.565 e. The number of aliphatic imine (C=N–C) groups is 1. The first-order chi connectivity index (χ1) is 6.27. The molecule has 1 aliphatic rings. The van der Waals surface area contributed by atoms with Crippen LogP contribution in [0.5, 0.6) is 0 Å². The van der Waals surface area contributed by atoms with Gasteiger partial charge in [-0.1, -0.05) is 12.1 Å². The molecule has 0 fully saturated rings. The molecule has 2 rings (SSSR count). The summed E-state index contributed by atoms with van der Waals surface area (Å²) < 4.78 is 0. The number of nitro groups is 1. The third-order valence-corrected chi connectivity index (χ3v) is 1.77. The highest BCUT2D eigenvalue weighted by molar-refractivity contribution is 5.95. The molecular formula is C9H6N2O2+. The van der Waals surface area contributed by atoms with Gasteiger partial charge in [-0.05, 0) is 12.1 Å². The molecular weight excluding hydrogens is 168 g/mol. The van der Waals surface area contributed by atoms with Crippen molar-refractivity contribution >= 4 is 17.6 Å². The van der Waals surface area contributed by atoms with Crippen LogP contribution in [-0.2, 0) is 0 Å². The predicted molar refractivity (Wildman–Crippen MR) is 49.3 cm³/mol. The van der Waals surface area contributed by atoms with Crippen LogP contribution in [0.15, 0.2) is 30.3 Å². The lowest BCUT2D eigenvalue weighted by molar-refractivity contribution is -0.349. The number of hydrogen-bond acceptors (Lipinski definition) is 3. The summed E-state index contributed by atoms with van der Waals surface area (Å²) in [4.78, 5) is 13.8. The Bertz CT molecular complexity index is 421. The van der Waals surface area contributed by atoms with E-state index in [4.69, 9.17) is 0 Å². The summed E-state index contributed by atoms with van der Waals surface area (Å²) in [5.74, 6) is -0.112. The van der Waals surface area contributed by atoms with Crippen molar-refractivity contribution in [3.8, 4) is 0 Å². The number of hydrogen-bond donors (Lipinski definition) is 0. The van der Waals surface area contributed by atoms with E-state index in [1.54, 1.807) is 18.2 Å². The summed E-state index contributed by atoms with van der Waals surface area (Å²) in [7, 11) is 0. The van der Waals surface area contributed by atoms with Crippen LogP contribution < -0.4 is 4.99 Å². The molecule has 0 aliphatic carbocycles. The highest BCUT2D eigenvalue weighted by Crippen LogP contribution is 2.18. The molecule has 0 bridgehead atoms. The number of rotatable bonds is 0. The van der Waals surface area contributed by atoms with Crippen LogP contribution in [0.3, 0.4) is 0 Å². The lowest BCUT2D eigenvalue weighted by Crippen LogP contribution is -2.15. The highest BCUT2D eigenvalue weighted by atomic mass is 16.6. The topological polar surface area (TPSA) is 57.2 Å². The summed E-state index contributed by atoms with van der Waals surface area (Å²) in [6, 6.07) is 7.29. The number of amidine groups is 1. The summed E-state index contributed by atoms with van der Waals surface area (Å²) in [6.07, 6.45) is 3.10. The summed E-state index contributed by atoms with van der Waals surface area (Å²) >= 11 is 0. The summed E-state index contributed by atoms with van der Waals surface area (Å²) in [5.41, 5.74) is 1.56. The zero-order valence-corrected chi connectivity index (χ0v) is 6.68. The molecule has 0 amide bonds. The van der Waals surface area contributed by atoms with E-state index in [2.05, 4.69) is 4.99 Å². The van der Waals surface area contributed by atoms with E-state index in [9.17, 15) is 10.1 Å². The summed E-state index contributed by atoms with van der Waals surface area (Å²) in [5, 5.41) is 10.4. The van der Waals surface area contributed by atoms with Crippen molar-refractivity contribution in [3.05, 3.63) is 46.0 Å². The first kappa shape index (κ1) is 7.67. The van der Waals surface area contributed by atoms with Crippen molar-refractivity contribution in [2.24, 2.45) is 0 Å². The maximum absolute atomic E-state index is 10.4. The molecule has 1 aromatic rings. The van der Waals surface area contributed by atoms with Gasteiger partial charge in [0.25, 0.3) is 5.69 Å². The van der Waals surface area contributed by atoms with Gasteiger partial charge in [0, 0.05) is 6.07 Å². The third kappa shape index (κ3) is 1.33. The summed E-state index contributed by atoms with van der Waals surface area (Å²) in [6.45, 7) is 0. The molecule has 1 radical (unpaired) electrons. The van der Waals surface area contributed by atoms with Crippen molar-refractivity contribution in [2.45, 2.75) is 0 Å². The minimum atomic E-state index is -0.494. The van der Waals surface area contributed by atoms with Crippen LogP contribution in [0.1, 0.15) is 5.56 Å². The van der Waals surface area contributed by atoms with Crippen LogP contribution >= 0.6 is 0 Å². The molecule has 1 aliphatic heterocycles. The maximum atomic E-state index is 10.4. The fraction of sp³-hybridized carbons (Fsp3) is 0. The molecule has 0 spiro atoms. The Morgan fingerprint density at radius 3 is 2.77 bits per heavy atom. The van der Waals surface area contributed by atoms with Gasteiger partial charge in [0.05, 0.1) is 11.6 Å². The van der Waals surface area contributed by atoms with Crippen LogP contribution in [-0.4, -0.2) is 10.8 Å². The average Bonchev–Trinajstić information content (AvgIpc) is 2.17. The van der Waals surface area contributed by atoms with Gasteiger partial charge < -0.3 is 0 Å². The van der Waals surface area contributed by atoms with E-state index in [0.717, 1.165) is 5.56 Å².